The number of ether oxygens (including phenoxy) is 2. The first kappa shape index (κ1) is 15.5. The third-order valence-corrected chi connectivity index (χ3v) is 2.93. The number of methoxy groups -OCH3 is 1. The third kappa shape index (κ3) is 4.05. The summed E-state index contributed by atoms with van der Waals surface area (Å²) in [5.74, 6) is 1.12. The van der Waals surface area contributed by atoms with Gasteiger partial charge in [-0.2, -0.15) is 0 Å². The molecular formula is C16H18N2O4. The predicted octanol–water partition coefficient (Wildman–Crippen LogP) is 2.87. The van der Waals surface area contributed by atoms with Crippen LogP contribution in [0.1, 0.15) is 5.56 Å². The fourth-order valence-electron chi connectivity index (χ4n) is 1.83. The smallest absolute Gasteiger partial charge is 0.321 e. The average molecular weight is 302 g/mol. The maximum Gasteiger partial charge on any atom is 0.321 e. The normalized spacial score (nSPS) is 9.91. The molecule has 0 aromatic heterocycles. The Kier molecular flexibility index (Phi) is 5.08. The lowest BCUT2D eigenvalue weighted by atomic mass is 10.2. The van der Waals surface area contributed by atoms with Gasteiger partial charge < -0.3 is 25.2 Å². The van der Waals surface area contributed by atoms with Crippen LogP contribution in [-0.2, 0) is 0 Å². The van der Waals surface area contributed by atoms with E-state index in [0.29, 0.717) is 17.2 Å². The number of amides is 2. The van der Waals surface area contributed by atoms with Gasteiger partial charge in [-0.15, -0.1) is 0 Å². The van der Waals surface area contributed by atoms with E-state index < -0.39 is 6.03 Å². The molecule has 0 radical (unpaired) electrons. The minimum atomic E-state index is -0.476. The molecule has 22 heavy (non-hydrogen) atoms. The van der Waals surface area contributed by atoms with E-state index in [2.05, 4.69) is 10.6 Å². The number of nitrogens with one attached hydrogen (secondary N) is 2. The van der Waals surface area contributed by atoms with Crippen molar-refractivity contribution in [2.24, 2.45) is 0 Å². The SMILES string of the molecule is COc1ccccc1OCNC(=O)Nc1cc(C)ccc1O. The summed E-state index contributed by atoms with van der Waals surface area (Å²) in [6, 6.07) is 11.6. The van der Waals surface area contributed by atoms with Crippen molar-refractivity contribution in [3.8, 4) is 17.2 Å². The van der Waals surface area contributed by atoms with Gasteiger partial charge in [0.05, 0.1) is 12.8 Å². The molecule has 6 heteroatoms. The van der Waals surface area contributed by atoms with Gasteiger partial charge in [0.15, 0.2) is 18.2 Å². The highest BCUT2D eigenvalue weighted by atomic mass is 16.5. The molecule has 0 aliphatic carbocycles. The van der Waals surface area contributed by atoms with Crippen LogP contribution in [0, 0.1) is 6.92 Å². The number of carbonyl (C=O) groups excluding carboxylic acids is 1. The van der Waals surface area contributed by atoms with Crippen molar-refractivity contribution in [1.82, 2.24) is 5.32 Å². The Morgan fingerprint density at radius 3 is 2.64 bits per heavy atom. The molecule has 0 saturated carbocycles. The summed E-state index contributed by atoms with van der Waals surface area (Å²) in [6.07, 6.45) is 0. The van der Waals surface area contributed by atoms with Crippen LogP contribution in [0.4, 0.5) is 10.5 Å². The summed E-state index contributed by atoms with van der Waals surface area (Å²) in [5.41, 5.74) is 1.27. The summed E-state index contributed by atoms with van der Waals surface area (Å²) in [6.45, 7) is 1.84. The molecule has 2 aromatic rings. The van der Waals surface area contributed by atoms with Crippen molar-refractivity contribution < 1.29 is 19.4 Å². The number of hydrogen-bond donors (Lipinski definition) is 3. The minimum Gasteiger partial charge on any atom is -0.506 e. The molecule has 2 rings (SSSR count). The fraction of sp³-hybridized carbons (Fsp3) is 0.188. The standard InChI is InChI=1S/C16H18N2O4/c1-11-7-8-13(19)12(9-11)18-16(20)17-10-22-15-6-4-3-5-14(15)21-2/h3-9,19H,10H2,1-2H3,(H2,17,18,20). The molecule has 0 fully saturated rings. The largest absolute Gasteiger partial charge is 0.506 e. The number of phenols is 1. The average Bonchev–Trinajstić information content (AvgIpc) is 2.51. The molecule has 6 nitrogen and oxygen atoms in total. The van der Waals surface area contributed by atoms with Crippen LogP contribution in [0.25, 0.3) is 0 Å². The quantitative estimate of drug-likeness (QED) is 0.586. The molecule has 0 spiro atoms. The maximum atomic E-state index is 11.8. The van der Waals surface area contributed by atoms with Gasteiger partial charge in [-0.3, -0.25) is 0 Å². The van der Waals surface area contributed by atoms with E-state index in [-0.39, 0.29) is 12.5 Å². The van der Waals surface area contributed by atoms with Crippen LogP contribution in [0.2, 0.25) is 0 Å². The zero-order valence-corrected chi connectivity index (χ0v) is 12.4. The van der Waals surface area contributed by atoms with Crippen molar-refractivity contribution in [2.45, 2.75) is 6.92 Å². The second-order valence-electron chi connectivity index (χ2n) is 4.59. The molecule has 2 aromatic carbocycles. The number of phenolic OH excluding ortho intramolecular Hbond substituents is 1. The molecule has 116 valence electrons. The molecule has 0 aliphatic heterocycles. The summed E-state index contributed by atoms with van der Waals surface area (Å²) in [7, 11) is 1.54. The van der Waals surface area contributed by atoms with Crippen LogP contribution in [0.15, 0.2) is 42.5 Å². The Balaban J connectivity index is 1.87. The first-order valence-corrected chi connectivity index (χ1v) is 6.70. The first-order valence-electron chi connectivity index (χ1n) is 6.70. The van der Waals surface area contributed by atoms with Crippen LogP contribution in [0.3, 0.4) is 0 Å². The van der Waals surface area contributed by atoms with Crippen LogP contribution < -0.4 is 20.1 Å². The van der Waals surface area contributed by atoms with E-state index in [1.165, 1.54) is 6.07 Å². The highest BCUT2D eigenvalue weighted by Gasteiger charge is 2.07. The number of aryl methyl sites for hydroxylation is 1. The Morgan fingerprint density at radius 1 is 1.18 bits per heavy atom. The van der Waals surface area contributed by atoms with Crippen LogP contribution >= 0.6 is 0 Å². The molecule has 0 aliphatic rings. The lowest BCUT2D eigenvalue weighted by Crippen LogP contribution is -2.32. The zero-order chi connectivity index (χ0) is 15.9. The van der Waals surface area contributed by atoms with Crippen LogP contribution in [-0.4, -0.2) is 25.0 Å². The van der Waals surface area contributed by atoms with Gasteiger partial charge in [-0.05, 0) is 36.8 Å². The van der Waals surface area contributed by atoms with Gasteiger partial charge in [0.25, 0.3) is 0 Å². The summed E-state index contributed by atoms with van der Waals surface area (Å²) < 4.78 is 10.6. The molecule has 3 N–H and O–H groups in total. The molecule has 2 amide bonds. The van der Waals surface area contributed by atoms with Gasteiger partial charge in [-0.25, -0.2) is 4.79 Å². The minimum absolute atomic E-state index is 0.00592. The lowest BCUT2D eigenvalue weighted by Gasteiger charge is -2.12. The van der Waals surface area contributed by atoms with Crippen molar-refractivity contribution in [2.75, 3.05) is 19.2 Å². The van der Waals surface area contributed by atoms with E-state index in [0.717, 1.165) is 5.56 Å². The maximum absolute atomic E-state index is 11.8. The van der Waals surface area contributed by atoms with E-state index >= 15 is 0 Å². The monoisotopic (exact) mass is 302 g/mol. The Labute approximate surface area is 128 Å². The van der Waals surface area contributed by atoms with Gasteiger partial charge >= 0.3 is 6.03 Å². The second kappa shape index (κ2) is 7.21. The topological polar surface area (TPSA) is 79.8 Å². The number of urea groups is 1. The highest BCUT2D eigenvalue weighted by molar-refractivity contribution is 5.90. The van der Waals surface area contributed by atoms with E-state index in [9.17, 15) is 9.90 Å². The molecular weight excluding hydrogens is 284 g/mol. The molecule has 0 unspecified atom stereocenters. The number of anilines is 1. The van der Waals surface area contributed by atoms with Gasteiger partial charge in [-0.1, -0.05) is 18.2 Å². The van der Waals surface area contributed by atoms with Gasteiger partial charge in [0.1, 0.15) is 5.75 Å². The highest BCUT2D eigenvalue weighted by Crippen LogP contribution is 2.25. The van der Waals surface area contributed by atoms with E-state index in [1.54, 1.807) is 31.4 Å². The third-order valence-electron chi connectivity index (χ3n) is 2.93. The number of benzene rings is 2. The number of carbonyl (C=O) groups is 1. The van der Waals surface area contributed by atoms with E-state index in [1.807, 2.05) is 19.1 Å². The number of rotatable bonds is 5. The number of aromatic hydroxyl groups is 1. The molecule has 0 atom stereocenters. The molecule has 0 saturated heterocycles. The van der Waals surface area contributed by atoms with Crippen molar-refractivity contribution in [3.05, 3.63) is 48.0 Å². The van der Waals surface area contributed by atoms with Crippen molar-refractivity contribution >= 4 is 11.7 Å². The molecule has 0 heterocycles. The number of hydrogen-bond acceptors (Lipinski definition) is 4. The van der Waals surface area contributed by atoms with E-state index in [4.69, 9.17) is 9.47 Å². The predicted molar refractivity (Wildman–Crippen MR) is 83.5 cm³/mol. The van der Waals surface area contributed by atoms with Crippen molar-refractivity contribution in [3.63, 3.8) is 0 Å². The number of para-hydroxylation sites is 2. The summed E-state index contributed by atoms with van der Waals surface area (Å²) in [5, 5.41) is 14.8. The van der Waals surface area contributed by atoms with Gasteiger partial charge in [0.2, 0.25) is 0 Å². The Morgan fingerprint density at radius 2 is 1.91 bits per heavy atom. The zero-order valence-electron chi connectivity index (χ0n) is 12.4. The lowest BCUT2D eigenvalue weighted by molar-refractivity contribution is 0.231. The van der Waals surface area contributed by atoms with Crippen molar-refractivity contribution in [1.29, 1.82) is 0 Å². The second-order valence-corrected chi connectivity index (χ2v) is 4.59. The molecule has 0 bridgehead atoms. The summed E-state index contributed by atoms with van der Waals surface area (Å²) >= 11 is 0. The Bertz CT molecular complexity index is 658. The fourth-order valence-corrected chi connectivity index (χ4v) is 1.83. The first-order chi connectivity index (χ1) is 10.6. The Hall–Kier alpha value is -2.89. The van der Waals surface area contributed by atoms with Crippen LogP contribution in [0.5, 0.6) is 17.2 Å². The van der Waals surface area contributed by atoms with Gasteiger partial charge in [0, 0.05) is 0 Å². The summed E-state index contributed by atoms with van der Waals surface area (Å²) in [4.78, 5) is 11.8.